The van der Waals surface area contributed by atoms with Crippen LogP contribution in [0.3, 0.4) is 0 Å². The van der Waals surface area contributed by atoms with Gasteiger partial charge in [0.1, 0.15) is 11.5 Å². The lowest BCUT2D eigenvalue weighted by molar-refractivity contribution is -0.144. The molecule has 3 aromatic rings. The van der Waals surface area contributed by atoms with E-state index in [0.717, 1.165) is 0 Å². The Bertz CT molecular complexity index is 831. The minimum Gasteiger partial charge on any atom is -0.463 e. The Morgan fingerprint density at radius 2 is 1.96 bits per heavy atom. The van der Waals surface area contributed by atoms with E-state index in [4.69, 9.17) is 27.6 Å². The van der Waals surface area contributed by atoms with Gasteiger partial charge in [0.05, 0.1) is 6.26 Å². The number of hydrogen-bond donors (Lipinski definition) is 2. The van der Waals surface area contributed by atoms with Crippen molar-refractivity contribution in [3.05, 3.63) is 58.3 Å². The van der Waals surface area contributed by atoms with Crippen LogP contribution in [0.5, 0.6) is 0 Å². The van der Waals surface area contributed by atoms with Crippen molar-refractivity contribution in [1.29, 1.82) is 0 Å². The molecule has 4 nitrogen and oxygen atoms in total. The Balaban J connectivity index is 1.91. The predicted molar refractivity (Wildman–Crippen MR) is 85.2 cm³/mol. The molecule has 2 N–H and O–H groups in total. The van der Waals surface area contributed by atoms with Crippen LogP contribution >= 0.6 is 23.2 Å². The standard InChI is InChI=1S/C15H10Cl2F3N3O/c16-8-3-4-9(10(17)6-8)14(15(18,19)20)21-13-7-11(22-23-13)12-2-1-5-24-12/h1-7,14H,(H2,21,22,23). The van der Waals surface area contributed by atoms with E-state index < -0.39 is 12.2 Å². The molecule has 3 rings (SSSR count). The SMILES string of the molecule is FC(F)(F)C(Nc1cc(-c2ccco2)[nH]n1)c1ccc(Cl)cc1Cl. The van der Waals surface area contributed by atoms with Crippen molar-refractivity contribution in [3.63, 3.8) is 0 Å². The van der Waals surface area contributed by atoms with Gasteiger partial charge >= 0.3 is 6.18 Å². The highest BCUT2D eigenvalue weighted by Gasteiger charge is 2.42. The molecule has 2 aromatic heterocycles. The van der Waals surface area contributed by atoms with E-state index >= 15 is 0 Å². The maximum absolute atomic E-state index is 13.4. The van der Waals surface area contributed by atoms with Gasteiger partial charge in [-0.15, -0.1) is 0 Å². The predicted octanol–water partition coefficient (Wildman–Crippen LogP) is 5.69. The molecular weight excluding hydrogens is 366 g/mol. The van der Waals surface area contributed by atoms with Gasteiger partial charge in [0, 0.05) is 21.7 Å². The Morgan fingerprint density at radius 1 is 1.17 bits per heavy atom. The number of nitrogens with zero attached hydrogens (tertiary/aromatic N) is 1. The highest BCUT2D eigenvalue weighted by atomic mass is 35.5. The van der Waals surface area contributed by atoms with Gasteiger partial charge in [-0.05, 0) is 24.3 Å². The molecule has 0 saturated carbocycles. The topological polar surface area (TPSA) is 53.9 Å². The van der Waals surface area contributed by atoms with Gasteiger partial charge < -0.3 is 9.73 Å². The summed E-state index contributed by atoms with van der Waals surface area (Å²) >= 11 is 11.7. The van der Waals surface area contributed by atoms with Crippen LogP contribution in [0.15, 0.2) is 47.1 Å². The Hall–Kier alpha value is -2.12. The molecule has 1 unspecified atom stereocenters. The molecule has 0 fully saturated rings. The maximum Gasteiger partial charge on any atom is 0.412 e. The largest absolute Gasteiger partial charge is 0.463 e. The summed E-state index contributed by atoms with van der Waals surface area (Å²) in [5.74, 6) is 0.471. The minimum atomic E-state index is -4.58. The van der Waals surface area contributed by atoms with Gasteiger partial charge in [-0.2, -0.15) is 18.3 Å². The van der Waals surface area contributed by atoms with E-state index in [1.54, 1.807) is 12.1 Å². The third-order valence-corrected chi connectivity index (χ3v) is 3.82. The van der Waals surface area contributed by atoms with E-state index in [9.17, 15) is 13.2 Å². The lowest BCUT2D eigenvalue weighted by Crippen LogP contribution is -2.28. The van der Waals surface area contributed by atoms with Crippen molar-refractivity contribution < 1.29 is 17.6 Å². The molecule has 1 atom stereocenters. The second-order valence-corrected chi connectivity index (χ2v) is 5.77. The molecule has 0 spiro atoms. The second-order valence-electron chi connectivity index (χ2n) is 4.93. The number of H-pyrrole nitrogens is 1. The number of rotatable bonds is 4. The van der Waals surface area contributed by atoms with E-state index in [0.29, 0.717) is 11.5 Å². The Kier molecular flexibility index (Phi) is 4.47. The van der Waals surface area contributed by atoms with Crippen LogP contribution in [0, 0.1) is 0 Å². The maximum atomic E-state index is 13.4. The zero-order valence-corrected chi connectivity index (χ0v) is 13.4. The van der Waals surface area contributed by atoms with Crippen LogP contribution in [0.1, 0.15) is 11.6 Å². The molecule has 0 aliphatic heterocycles. The number of halogens is 5. The van der Waals surface area contributed by atoms with Crippen molar-refractivity contribution in [2.45, 2.75) is 12.2 Å². The van der Waals surface area contributed by atoms with Gasteiger partial charge in [0.2, 0.25) is 0 Å². The normalized spacial score (nSPS) is 13.0. The van der Waals surface area contributed by atoms with Gasteiger partial charge in [-0.1, -0.05) is 29.3 Å². The number of nitrogens with one attached hydrogen (secondary N) is 2. The van der Waals surface area contributed by atoms with Gasteiger partial charge in [-0.3, -0.25) is 5.10 Å². The van der Waals surface area contributed by atoms with Crippen LogP contribution < -0.4 is 5.32 Å². The fraction of sp³-hybridized carbons (Fsp3) is 0.133. The van der Waals surface area contributed by atoms with E-state index in [1.807, 2.05) is 0 Å². The van der Waals surface area contributed by atoms with Crippen molar-refractivity contribution in [2.24, 2.45) is 0 Å². The van der Waals surface area contributed by atoms with Gasteiger partial charge in [0.25, 0.3) is 0 Å². The first-order valence-electron chi connectivity index (χ1n) is 6.72. The molecule has 0 aliphatic rings. The fourth-order valence-corrected chi connectivity index (χ4v) is 2.69. The number of alkyl halides is 3. The lowest BCUT2D eigenvalue weighted by atomic mass is 10.1. The fourth-order valence-electron chi connectivity index (χ4n) is 2.17. The quantitative estimate of drug-likeness (QED) is 0.615. The zero-order chi connectivity index (χ0) is 17.3. The van der Waals surface area contributed by atoms with Crippen LogP contribution in [-0.4, -0.2) is 16.4 Å². The summed E-state index contributed by atoms with van der Waals surface area (Å²) in [6.45, 7) is 0. The first-order valence-corrected chi connectivity index (χ1v) is 7.47. The number of benzene rings is 1. The number of anilines is 1. The first kappa shape index (κ1) is 16.7. The highest BCUT2D eigenvalue weighted by molar-refractivity contribution is 6.35. The number of hydrogen-bond acceptors (Lipinski definition) is 3. The summed E-state index contributed by atoms with van der Waals surface area (Å²) in [6, 6.07) is 6.55. The minimum absolute atomic E-state index is 0.00902. The Morgan fingerprint density at radius 3 is 2.58 bits per heavy atom. The van der Waals surface area contributed by atoms with Crippen LogP contribution in [-0.2, 0) is 0 Å². The average molecular weight is 376 g/mol. The van der Waals surface area contributed by atoms with E-state index in [-0.39, 0.29) is 21.4 Å². The third kappa shape index (κ3) is 3.52. The third-order valence-electron chi connectivity index (χ3n) is 3.26. The molecule has 2 heterocycles. The number of aromatic nitrogens is 2. The summed E-state index contributed by atoms with van der Waals surface area (Å²) in [5, 5.41) is 8.96. The molecule has 126 valence electrons. The molecule has 0 aliphatic carbocycles. The van der Waals surface area contributed by atoms with E-state index in [1.165, 1.54) is 30.5 Å². The summed E-state index contributed by atoms with van der Waals surface area (Å²) in [4.78, 5) is 0. The zero-order valence-electron chi connectivity index (χ0n) is 11.9. The summed E-state index contributed by atoms with van der Waals surface area (Å²) in [7, 11) is 0. The van der Waals surface area contributed by atoms with Crippen molar-refractivity contribution >= 4 is 29.0 Å². The number of aromatic amines is 1. The molecule has 0 bridgehead atoms. The van der Waals surface area contributed by atoms with Crippen LogP contribution in [0.25, 0.3) is 11.5 Å². The van der Waals surface area contributed by atoms with Crippen molar-refractivity contribution in [3.8, 4) is 11.5 Å². The van der Waals surface area contributed by atoms with E-state index in [2.05, 4.69) is 15.5 Å². The first-order chi connectivity index (χ1) is 11.3. The van der Waals surface area contributed by atoms with Gasteiger partial charge in [0.15, 0.2) is 11.8 Å². The smallest absolute Gasteiger partial charge is 0.412 e. The monoisotopic (exact) mass is 375 g/mol. The summed E-state index contributed by atoms with van der Waals surface area (Å²) in [5.41, 5.74) is 0.307. The summed E-state index contributed by atoms with van der Waals surface area (Å²) in [6.07, 6.45) is -3.13. The molecule has 24 heavy (non-hydrogen) atoms. The molecule has 0 radical (unpaired) electrons. The van der Waals surface area contributed by atoms with Crippen LogP contribution in [0.4, 0.5) is 19.0 Å². The molecule has 9 heteroatoms. The van der Waals surface area contributed by atoms with Gasteiger partial charge in [-0.25, -0.2) is 0 Å². The molecule has 1 aromatic carbocycles. The summed E-state index contributed by atoms with van der Waals surface area (Å²) < 4.78 is 45.5. The Labute approximate surface area is 144 Å². The molecule has 0 amide bonds. The number of furan rings is 1. The van der Waals surface area contributed by atoms with Crippen molar-refractivity contribution in [1.82, 2.24) is 10.2 Å². The van der Waals surface area contributed by atoms with Crippen LogP contribution in [0.2, 0.25) is 10.0 Å². The average Bonchev–Trinajstić information content (AvgIpc) is 3.15. The highest BCUT2D eigenvalue weighted by Crippen LogP contribution is 2.39. The molecule has 0 saturated heterocycles. The van der Waals surface area contributed by atoms with Crippen molar-refractivity contribution in [2.75, 3.05) is 5.32 Å². The lowest BCUT2D eigenvalue weighted by Gasteiger charge is -2.22. The second kappa shape index (κ2) is 6.41. The molecular formula is C15H10Cl2F3N3O.